The Hall–Kier alpha value is -2.80. The lowest BCUT2D eigenvalue weighted by atomic mass is 10.00. The van der Waals surface area contributed by atoms with Gasteiger partial charge in [0.05, 0.1) is 13.2 Å². The Bertz CT molecular complexity index is 859. The first-order valence-corrected chi connectivity index (χ1v) is 9.58. The standard InChI is InChI=1S/C21H28N4O3/c1-4-23-21(24-12-16-6-8-18(28-16)20(22)26)25-9-10-27-19(13-25)17-7-5-14(2)11-15(17)3/h5-8,11,19H,4,9-10,12-13H2,1-3H3,(H2,22,26)(H,23,24). The lowest BCUT2D eigenvalue weighted by Crippen LogP contribution is -2.48. The van der Waals surface area contributed by atoms with Gasteiger partial charge in [0.15, 0.2) is 11.7 Å². The molecule has 3 N–H and O–H groups in total. The van der Waals surface area contributed by atoms with Crippen molar-refractivity contribution in [2.75, 3.05) is 26.2 Å². The maximum atomic E-state index is 11.2. The molecule has 7 nitrogen and oxygen atoms in total. The van der Waals surface area contributed by atoms with Crippen LogP contribution >= 0.6 is 0 Å². The van der Waals surface area contributed by atoms with E-state index < -0.39 is 5.91 Å². The highest BCUT2D eigenvalue weighted by Gasteiger charge is 2.25. The molecule has 1 atom stereocenters. The maximum absolute atomic E-state index is 11.2. The predicted octanol–water partition coefficient (Wildman–Crippen LogP) is 2.53. The summed E-state index contributed by atoms with van der Waals surface area (Å²) in [5.41, 5.74) is 8.94. The minimum Gasteiger partial charge on any atom is -0.454 e. The zero-order chi connectivity index (χ0) is 20.1. The highest BCUT2D eigenvalue weighted by Crippen LogP contribution is 2.26. The number of ether oxygens (including phenoxy) is 1. The molecule has 0 aliphatic carbocycles. The summed E-state index contributed by atoms with van der Waals surface area (Å²) in [6, 6.07) is 9.76. The summed E-state index contributed by atoms with van der Waals surface area (Å²) in [5, 5.41) is 3.33. The molecule has 150 valence electrons. The van der Waals surface area contributed by atoms with Crippen molar-refractivity contribution in [1.29, 1.82) is 0 Å². The van der Waals surface area contributed by atoms with Crippen LogP contribution in [0, 0.1) is 13.8 Å². The van der Waals surface area contributed by atoms with Crippen molar-refractivity contribution in [3.8, 4) is 0 Å². The third kappa shape index (κ3) is 4.72. The molecule has 7 heteroatoms. The number of nitrogens with two attached hydrogens (primary N) is 1. The van der Waals surface area contributed by atoms with Gasteiger partial charge in [-0.15, -0.1) is 0 Å². The zero-order valence-corrected chi connectivity index (χ0v) is 16.7. The predicted molar refractivity (Wildman–Crippen MR) is 108 cm³/mol. The van der Waals surface area contributed by atoms with E-state index in [1.54, 1.807) is 12.1 Å². The third-order valence-corrected chi connectivity index (χ3v) is 4.76. The molecule has 2 heterocycles. The molecular formula is C21H28N4O3. The number of morpholine rings is 1. The van der Waals surface area contributed by atoms with Crippen LogP contribution in [0.1, 0.15) is 46.0 Å². The number of guanidine groups is 1. The molecule has 2 aromatic rings. The van der Waals surface area contributed by atoms with Gasteiger partial charge < -0.3 is 25.1 Å². The first-order chi connectivity index (χ1) is 13.5. The molecule has 0 spiro atoms. The van der Waals surface area contributed by atoms with Crippen LogP contribution in [0.15, 0.2) is 39.7 Å². The van der Waals surface area contributed by atoms with Gasteiger partial charge in [0.1, 0.15) is 18.4 Å². The van der Waals surface area contributed by atoms with Crippen LogP contribution in [0.25, 0.3) is 0 Å². The van der Waals surface area contributed by atoms with E-state index in [1.165, 1.54) is 16.7 Å². The summed E-state index contributed by atoms with van der Waals surface area (Å²) in [5.74, 6) is 0.976. The van der Waals surface area contributed by atoms with Crippen LogP contribution in [0.3, 0.4) is 0 Å². The second-order valence-corrected chi connectivity index (χ2v) is 6.97. The van der Waals surface area contributed by atoms with Crippen LogP contribution in [-0.2, 0) is 11.3 Å². The Labute approximate surface area is 165 Å². The molecular weight excluding hydrogens is 356 g/mol. The van der Waals surface area contributed by atoms with E-state index in [-0.39, 0.29) is 11.9 Å². The number of carbonyl (C=O) groups excluding carboxylic acids is 1. The van der Waals surface area contributed by atoms with E-state index in [2.05, 4.69) is 47.3 Å². The number of aliphatic imine (C=N–C) groups is 1. The molecule has 1 saturated heterocycles. The molecule has 1 fully saturated rings. The van der Waals surface area contributed by atoms with Gasteiger partial charge in [-0.3, -0.25) is 4.79 Å². The van der Waals surface area contributed by atoms with Gasteiger partial charge in [0.2, 0.25) is 0 Å². The number of benzene rings is 1. The summed E-state index contributed by atoms with van der Waals surface area (Å²) >= 11 is 0. The molecule has 1 aliphatic heterocycles. The smallest absolute Gasteiger partial charge is 0.284 e. The Kier molecular flexibility index (Phi) is 6.36. The number of furan rings is 1. The third-order valence-electron chi connectivity index (χ3n) is 4.76. The molecule has 1 aliphatic rings. The zero-order valence-electron chi connectivity index (χ0n) is 16.7. The number of hydrogen-bond acceptors (Lipinski definition) is 4. The molecule has 1 unspecified atom stereocenters. The van der Waals surface area contributed by atoms with Crippen molar-refractivity contribution in [2.45, 2.75) is 33.4 Å². The maximum Gasteiger partial charge on any atom is 0.284 e. The number of carbonyl (C=O) groups is 1. The number of rotatable bonds is 5. The molecule has 0 bridgehead atoms. The number of primary amides is 1. The first-order valence-electron chi connectivity index (χ1n) is 9.58. The monoisotopic (exact) mass is 384 g/mol. The average Bonchev–Trinajstić information content (AvgIpc) is 3.14. The molecule has 0 saturated carbocycles. The average molecular weight is 384 g/mol. The van der Waals surface area contributed by atoms with Crippen LogP contribution in [0.5, 0.6) is 0 Å². The molecule has 1 aromatic carbocycles. The Balaban J connectivity index is 1.74. The Morgan fingerprint density at radius 2 is 2.14 bits per heavy atom. The van der Waals surface area contributed by atoms with Crippen molar-refractivity contribution in [2.24, 2.45) is 10.7 Å². The van der Waals surface area contributed by atoms with Crippen molar-refractivity contribution in [1.82, 2.24) is 10.2 Å². The van der Waals surface area contributed by atoms with Crippen molar-refractivity contribution in [3.63, 3.8) is 0 Å². The lowest BCUT2D eigenvalue weighted by molar-refractivity contribution is -0.00835. The van der Waals surface area contributed by atoms with Crippen molar-refractivity contribution < 1.29 is 13.9 Å². The van der Waals surface area contributed by atoms with Gasteiger partial charge in [0, 0.05) is 13.1 Å². The Morgan fingerprint density at radius 3 is 2.82 bits per heavy atom. The molecule has 1 aromatic heterocycles. The van der Waals surface area contributed by atoms with Gasteiger partial charge in [-0.25, -0.2) is 4.99 Å². The van der Waals surface area contributed by atoms with E-state index in [0.29, 0.717) is 18.9 Å². The number of nitrogens with one attached hydrogen (secondary N) is 1. The van der Waals surface area contributed by atoms with E-state index in [4.69, 9.17) is 14.9 Å². The van der Waals surface area contributed by atoms with Crippen molar-refractivity contribution >= 4 is 11.9 Å². The van der Waals surface area contributed by atoms with Gasteiger partial charge in [-0.05, 0) is 44.0 Å². The summed E-state index contributed by atoms with van der Waals surface area (Å²) in [7, 11) is 0. The molecule has 1 amide bonds. The minimum atomic E-state index is -0.577. The van der Waals surface area contributed by atoms with E-state index in [1.807, 2.05) is 6.92 Å². The van der Waals surface area contributed by atoms with Gasteiger partial charge in [-0.1, -0.05) is 23.8 Å². The minimum absolute atomic E-state index is 0.00304. The topological polar surface area (TPSA) is 93.1 Å². The largest absolute Gasteiger partial charge is 0.454 e. The summed E-state index contributed by atoms with van der Waals surface area (Å²) in [4.78, 5) is 18.1. The van der Waals surface area contributed by atoms with E-state index in [9.17, 15) is 4.79 Å². The quantitative estimate of drug-likeness (QED) is 0.610. The number of hydrogen-bond donors (Lipinski definition) is 2. The number of aryl methyl sites for hydroxylation is 2. The SMILES string of the molecule is CCNC(=NCc1ccc(C(N)=O)o1)N1CCOC(c2ccc(C)cc2C)C1. The fraction of sp³-hybridized carbons (Fsp3) is 0.429. The summed E-state index contributed by atoms with van der Waals surface area (Å²) in [6.45, 7) is 9.47. The first kappa shape index (κ1) is 19.9. The lowest BCUT2D eigenvalue weighted by Gasteiger charge is -2.35. The number of amides is 1. The Morgan fingerprint density at radius 1 is 1.32 bits per heavy atom. The van der Waals surface area contributed by atoms with Crippen LogP contribution in [0.2, 0.25) is 0 Å². The molecule has 3 rings (SSSR count). The van der Waals surface area contributed by atoms with E-state index in [0.717, 1.165) is 25.6 Å². The molecule has 28 heavy (non-hydrogen) atoms. The van der Waals surface area contributed by atoms with Gasteiger partial charge >= 0.3 is 0 Å². The second-order valence-electron chi connectivity index (χ2n) is 6.97. The summed E-state index contributed by atoms with van der Waals surface area (Å²) < 4.78 is 11.5. The van der Waals surface area contributed by atoms with Crippen LogP contribution in [-0.4, -0.2) is 43.0 Å². The van der Waals surface area contributed by atoms with E-state index >= 15 is 0 Å². The van der Waals surface area contributed by atoms with Crippen LogP contribution < -0.4 is 11.1 Å². The second kappa shape index (κ2) is 8.93. The van der Waals surface area contributed by atoms with Crippen molar-refractivity contribution in [3.05, 3.63) is 58.5 Å². The highest BCUT2D eigenvalue weighted by molar-refractivity contribution is 5.89. The number of nitrogens with zero attached hydrogens (tertiary/aromatic N) is 2. The highest BCUT2D eigenvalue weighted by atomic mass is 16.5. The van der Waals surface area contributed by atoms with Gasteiger partial charge in [0.25, 0.3) is 5.91 Å². The summed E-state index contributed by atoms with van der Waals surface area (Å²) in [6.07, 6.45) is 0.00304. The van der Waals surface area contributed by atoms with Crippen LogP contribution in [0.4, 0.5) is 0 Å². The molecule has 0 radical (unpaired) electrons. The normalized spacial score (nSPS) is 17.6. The van der Waals surface area contributed by atoms with Gasteiger partial charge in [-0.2, -0.15) is 0 Å². The fourth-order valence-corrected chi connectivity index (χ4v) is 3.39. The fourth-order valence-electron chi connectivity index (χ4n) is 3.39.